The fraction of sp³-hybridized carbons (Fsp3) is 0.154. The maximum absolute atomic E-state index is 11.8. The number of nitrogens with one attached hydrogen (secondary N) is 1. The molecule has 0 aliphatic rings. The number of aromatic carboxylic acids is 1. The highest BCUT2D eigenvalue weighted by Crippen LogP contribution is 2.23. The normalized spacial score (nSPS) is 10.4. The molecule has 2 N–H and O–H groups in total. The van der Waals surface area contributed by atoms with E-state index in [9.17, 15) is 19.7 Å². The van der Waals surface area contributed by atoms with Crippen LogP contribution in [0.1, 0.15) is 21.6 Å². The van der Waals surface area contributed by atoms with Gasteiger partial charge in [-0.1, -0.05) is 0 Å². The van der Waals surface area contributed by atoms with Crippen molar-refractivity contribution in [3.8, 4) is 11.4 Å². The van der Waals surface area contributed by atoms with Crippen LogP contribution in [0.2, 0.25) is 0 Å². The summed E-state index contributed by atoms with van der Waals surface area (Å²) in [4.78, 5) is 39.4. The highest BCUT2D eigenvalue weighted by atomic mass is 16.6. The Morgan fingerprint density at radius 2 is 2.00 bits per heavy atom. The fourth-order valence-corrected chi connectivity index (χ4v) is 1.98. The molecule has 2 rings (SSSR count). The van der Waals surface area contributed by atoms with Crippen molar-refractivity contribution in [1.82, 2.24) is 9.97 Å². The highest BCUT2D eigenvalue weighted by molar-refractivity contribution is 5.88. The first-order chi connectivity index (χ1) is 9.79. The molecular weight excluding hydrogens is 278 g/mol. The predicted octanol–water partition coefficient (Wildman–Crippen LogP) is 1.66. The zero-order chi connectivity index (χ0) is 15.7. The summed E-state index contributed by atoms with van der Waals surface area (Å²) in [6.45, 7) is 3.07. The van der Waals surface area contributed by atoms with Gasteiger partial charge in [0.25, 0.3) is 11.2 Å². The van der Waals surface area contributed by atoms with Gasteiger partial charge in [0.1, 0.15) is 11.4 Å². The summed E-state index contributed by atoms with van der Waals surface area (Å²) in [5.74, 6) is -1.28. The standard InChI is InChI=1S/C13H11N3O5/c1-6-3-8(5-9(4-6)16(20)21)11-14-7(2)10(13(18)19)12(17)15-11/h3-5H,1-2H3,(H,18,19)(H,14,15,17). The van der Waals surface area contributed by atoms with E-state index in [1.807, 2.05) is 0 Å². The van der Waals surface area contributed by atoms with Gasteiger partial charge in [0.2, 0.25) is 0 Å². The second kappa shape index (κ2) is 5.16. The van der Waals surface area contributed by atoms with Crippen molar-refractivity contribution in [1.29, 1.82) is 0 Å². The van der Waals surface area contributed by atoms with Crippen LogP contribution in [0.25, 0.3) is 11.4 Å². The molecule has 0 amide bonds. The molecule has 8 heteroatoms. The molecule has 0 aliphatic carbocycles. The van der Waals surface area contributed by atoms with Crippen molar-refractivity contribution in [3.05, 3.63) is 55.5 Å². The summed E-state index contributed by atoms with van der Waals surface area (Å²) in [7, 11) is 0. The van der Waals surface area contributed by atoms with Gasteiger partial charge in [0, 0.05) is 17.7 Å². The monoisotopic (exact) mass is 289 g/mol. The molecule has 21 heavy (non-hydrogen) atoms. The lowest BCUT2D eigenvalue weighted by atomic mass is 10.1. The molecule has 0 atom stereocenters. The fourth-order valence-electron chi connectivity index (χ4n) is 1.98. The van der Waals surface area contributed by atoms with Gasteiger partial charge in [-0.3, -0.25) is 14.9 Å². The molecule has 0 aliphatic heterocycles. The number of carbonyl (C=O) groups is 1. The highest BCUT2D eigenvalue weighted by Gasteiger charge is 2.17. The second-order valence-corrected chi connectivity index (χ2v) is 4.49. The molecule has 1 aromatic heterocycles. The van der Waals surface area contributed by atoms with E-state index >= 15 is 0 Å². The van der Waals surface area contributed by atoms with Gasteiger partial charge < -0.3 is 10.1 Å². The zero-order valence-corrected chi connectivity index (χ0v) is 11.2. The van der Waals surface area contributed by atoms with E-state index in [4.69, 9.17) is 5.11 Å². The van der Waals surface area contributed by atoms with Crippen molar-refractivity contribution in [3.63, 3.8) is 0 Å². The molecule has 0 bridgehead atoms. The van der Waals surface area contributed by atoms with E-state index in [1.54, 1.807) is 13.0 Å². The third-order valence-electron chi connectivity index (χ3n) is 2.86. The molecule has 0 fully saturated rings. The number of aromatic amines is 1. The van der Waals surface area contributed by atoms with Crippen molar-refractivity contribution in [2.45, 2.75) is 13.8 Å². The maximum Gasteiger partial charge on any atom is 0.343 e. The Bertz CT molecular complexity index is 810. The Hall–Kier alpha value is -3.03. The number of hydrogen-bond donors (Lipinski definition) is 2. The number of aromatic nitrogens is 2. The Labute approximate surface area is 118 Å². The summed E-state index contributed by atoms with van der Waals surface area (Å²) >= 11 is 0. The van der Waals surface area contributed by atoms with E-state index in [0.29, 0.717) is 11.1 Å². The van der Waals surface area contributed by atoms with Crippen LogP contribution in [0, 0.1) is 24.0 Å². The Morgan fingerprint density at radius 1 is 1.33 bits per heavy atom. The molecule has 0 radical (unpaired) electrons. The Kier molecular flexibility index (Phi) is 3.53. The molecule has 108 valence electrons. The average molecular weight is 289 g/mol. The number of nitrogens with zero attached hydrogens (tertiary/aromatic N) is 2. The third-order valence-corrected chi connectivity index (χ3v) is 2.86. The molecule has 8 nitrogen and oxygen atoms in total. The lowest BCUT2D eigenvalue weighted by molar-refractivity contribution is -0.384. The average Bonchev–Trinajstić information content (AvgIpc) is 2.36. The maximum atomic E-state index is 11.8. The van der Waals surface area contributed by atoms with Gasteiger partial charge in [-0.25, -0.2) is 9.78 Å². The van der Waals surface area contributed by atoms with Gasteiger partial charge in [0.15, 0.2) is 0 Å². The smallest absolute Gasteiger partial charge is 0.343 e. The van der Waals surface area contributed by atoms with Crippen LogP contribution in [-0.2, 0) is 0 Å². The number of H-pyrrole nitrogens is 1. The quantitative estimate of drug-likeness (QED) is 0.653. The van der Waals surface area contributed by atoms with E-state index in [-0.39, 0.29) is 17.2 Å². The van der Waals surface area contributed by atoms with Crippen LogP contribution >= 0.6 is 0 Å². The number of hydrogen-bond acceptors (Lipinski definition) is 5. The molecule has 1 aromatic carbocycles. The molecular formula is C13H11N3O5. The minimum absolute atomic E-state index is 0.0467. The van der Waals surface area contributed by atoms with E-state index in [2.05, 4.69) is 9.97 Å². The van der Waals surface area contributed by atoms with Crippen LogP contribution < -0.4 is 5.56 Å². The van der Waals surface area contributed by atoms with Crippen LogP contribution in [-0.4, -0.2) is 26.0 Å². The lowest BCUT2D eigenvalue weighted by Gasteiger charge is -2.05. The molecule has 2 aromatic rings. The third kappa shape index (κ3) is 2.78. The van der Waals surface area contributed by atoms with Crippen molar-refractivity contribution >= 4 is 11.7 Å². The summed E-state index contributed by atoms with van der Waals surface area (Å²) < 4.78 is 0. The first-order valence-electron chi connectivity index (χ1n) is 5.90. The molecule has 1 heterocycles. The van der Waals surface area contributed by atoms with Gasteiger partial charge in [0.05, 0.1) is 10.6 Å². The second-order valence-electron chi connectivity index (χ2n) is 4.49. The number of non-ortho nitro benzene ring substituents is 1. The van der Waals surface area contributed by atoms with Gasteiger partial charge in [-0.05, 0) is 25.5 Å². The summed E-state index contributed by atoms with van der Waals surface area (Å²) in [5, 5.41) is 19.8. The Morgan fingerprint density at radius 3 is 2.52 bits per heavy atom. The van der Waals surface area contributed by atoms with Crippen molar-refractivity contribution in [2.75, 3.05) is 0 Å². The van der Waals surface area contributed by atoms with Gasteiger partial charge >= 0.3 is 5.97 Å². The van der Waals surface area contributed by atoms with Gasteiger partial charge in [-0.2, -0.15) is 0 Å². The molecule has 0 saturated carbocycles. The Balaban J connectivity index is 2.66. The van der Waals surface area contributed by atoms with E-state index in [1.165, 1.54) is 19.1 Å². The van der Waals surface area contributed by atoms with Crippen molar-refractivity contribution < 1.29 is 14.8 Å². The zero-order valence-electron chi connectivity index (χ0n) is 11.2. The summed E-state index contributed by atoms with van der Waals surface area (Å²) in [6.07, 6.45) is 0. The number of carboxylic acids is 1. The number of carboxylic acid groups (broad SMARTS) is 1. The topological polar surface area (TPSA) is 126 Å². The van der Waals surface area contributed by atoms with Crippen LogP contribution in [0.3, 0.4) is 0 Å². The number of benzene rings is 1. The molecule has 0 spiro atoms. The van der Waals surface area contributed by atoms with Gasteiger partial charge in [-0.15, -0.1) is 0 Å². The van der Waals surface area contributed by atoms with Crippen molar-refractivity contribution in [2.24, 2.45) is 0 Å². The summed E-state index contributed by atoms with van der Waals surface area (Å²) in [6, 6.07) is 4.27. The van der Waals surface area contributed by atoms with Crippen LogP contribution in [0.15, 0.2) is 23.0 Å². The van der Waals surface area contributed by atoms with Crippen LogP contribution in [0.4, 0.5) is 5.69 Å². The number of nitro groups is 1. The van der Waals surface area contributed by atoms with E-state index < -0.39 is 22.0 Å². The number of nitro benzene ring substituents is 1. The van der Waals surface area contributed by atoms with Crippen LogP contribution in [0.5, 0.6) is 0 Å². The molecule has 0 unspecified atom stereocenters. The number of aryl methyl sites for hydroxylation is 2. The SMILES string of the molecule is Cc1cc(-c2nc(C)c(C(=O)O)c(=O)[nH]2)cc([N+](=O)[O-])c1. The lowest BCUT2D eigenvalue weighted by Crippen LogP contribution is -2.21. The largest absolute Gasteiger partial charge is 0.477 e. The minimum Gasteiger partial charge on any atom is -0.477 e. The van der Waals surface area contributed by atoms with E-state index in [0.717, 1.165) is 0 Å². The first-order valence-corrected chi connectivity index (χ1v) is 5.90. The first kappa shape index (κ1) is 14.4. The summed E-state index contributed by atoms with van der Waals surface area (Å²) in [5.41, 5.74) is -0.353. The predicted molar refractivity (Wildman–Crippen MR) is 73.4 cm³/mol. The minimum atomic E-state index is -1.37. The molecule has 0 saturated heterocycles. The number of rotatable bonds is 3.